The summed E-state index contributed by atoms with van der Waals surface area (Å²) in [6.07, 6.45) is 5.18. The van der Waals surface area contributed by atoms with Crippen LogP contribution in [0.5, 0.6) is 5.88 Å². The number of primary amides is 1. The molecule has 32 heavy (non-hydrogen) atoms. The molecule has 3 N–H and O–H groups in total. The number of nitrogens with two attached hydrogens (primary N) is 1. The first-order valence-electron chi connectivity index (χ1n) is 9.81. The summed E-state index contributed by atoms with van der Waals surface area (Å²) >= 11 is 0. The molecule has 2 atom stereocenters. The zero-order valence-electron chi connectivity index (χ0n) is 17.7. The molecule has 4 rings (SSSR count). The Morgan fingerprint density at radius 2 is 2.06 bits per heavy atom. The molecule has 0 aromatic carbocycles. The summed E-state index contributed by atoms with van der Waals surface area (Å²) in [6, 6.07) is 2.88. The first-order chi connectivity index (χ1) is 15.1. The van der Waals surface area contributed by atoms with E-state index in [1.807, 2.05) is 6.92 Å². The minimum absolute atomic E-state index is 0.0185. The number of nitrogens with zero attached hydrogens (tertiary/aromatic N) is 4. The lowest BCUT2D eigenvalue weighted by Gasteiger charge is -2.20. The van der Waals surface area contributed by atoms with Gasteiger partial charge in [-0.25, -0.2) is 22.3 Å². The predicted octanol–water partition coefficient (Wildman–Crippen LogP) is 1.33. The van der Waals surface area contributed by atoms with Gasteiger partial charge in [-0.15, -0.1) is 0 Å². The molecule has 1 saturated heterocycles. The fourth-order valence-electron chi connectivity index (χ4n) is 3.86. The smallest absolute Gasteiger partial charge is 0.252 e. The fourth-order valence-corrected chi connectivity index (χ4v) is 4.80. The number of sulfonamides is 1. The highest BCUT2D eigenvalue weighted by molar-refractivity contribution is 7.88. The van der Waals surface area contributed by atoms with Gasteiger partial charge in [-0.3, -0.25) is 4.79 Å². The van der Waals surface area contributed by atoms with Crippen molar-refractivity contribution in [2.45, 2.75) is 13.0 Å². The van der Waals surface area contributed by atoms with Crippen molar-refractivity contribution in [1.82, 2.24) is 18.9 Å². The Morgan fingerprint density at radius 3 is 2.69 bits per heavy atom. The van der Waals surface area contributed by atoms with E-state index in [1.165, 1.54) is 34.4 Å². The van der Waals surface area contributed by atoms with Crippen LogP contribution in [0.3, 0.4) is 0 Å². The Morgan fingerprint density at radius 1 is 1.31 bits per heavy atom. The molecule has 0 saturated carbocycles. The number of halogens is 1. The van der Waals surface area contributed by atoms with E-state index < -0.39 is 21.7 Å². The molecule has 3 aromatic heterocycles. The number of amides is 1. The van der Waals surface area contributed by atoms with Gasteiger partial charge in [0, 0.05) is 42.5 Å². The maximum Gasteiger partial charge on any atom is 0.252 e. The molecule has 12 heteroatoms. The number of pyridine rings is 1. The van der Waals surface area contributed by atoms with E-state index in [0.717, 1.165) is 6.20 Å². The summed E-state index contributed by atoms with van der Waals surface area (Å²) in [5.74, 6) is -0.997. The number of anilines is 1. The molecule has 1 aliphatic heterocycles. The number of hydrogen-bond acceptors (Lipinski definition) is 7. The van der Waals surface area contributed by atoms with Crippen LogP contribution >= 0.6 is 0 Å². The summed E-state index contributed by atoms with van der Waals surface area (Å²) in [5, 5.41) is 7.52. The minimum Gasteiger partial charge on any atom is -0.481 e. The molecule has 0 spiro atoms. The molecule has 10 nitrogen and oxygen atoms in total. The van der Waals surface area contributed by atoms with Crippen LogP contribution in [0.25, 0.3) is 16.6 Å². The summed E-state index contributed by atoms with van der Waals surface area (Å²) in [4.78, 5) is 15.9. The molecule has 4 heterocycles. The molecule has 1 amide bonds. The highest BCUT2D eigenvalue weighted by atomic mass is 32.2. The third-order valence-electron chi connectivity index (χ3n) is 5.63. The van der Waals surface area contributed by atoms with Gasteiger partial charge in [-0.2, -0.15) is 9.40 Å². The van der Waals surface area contributed by atoms with E-state index in [0.29, 0.717) is 23.3 Å². The van der Waals surface area contributed by atoms with Crippen LogP contribution in [-0.2, 0) is 10.0 Å². The Balaban J connectivity index is 1.79. The lowest BCUT2D eigenvalue weighted by Crippen LogP contribution is -2.32. The Labute approximate surface area is 184 Å². The van der Waals surface area contributed by atoms with Crippen molar-refractivity contribution >= 4 is 27.1 Å². The minimum atomic E-state index is -3.35. The van der Waals surface area contributed by atoms with Gasteiger partial charge < -0.3 is 15.8 Å². The number of nitrogens with one attached hydrogen (secondary N) is 1. The second-order valence-corrected chi connectivity index (χ2v) is 9.85. The van der Waals surface area contributed by atoms with E-state index >= 15 is 0 Å². The van der Waals surface area contributed by atoms with E-state index in [2.05, 4.69) is 15.4 Å². The number of fused-ring (bicyclic) bond motifs is 1. The lowest BCUT2D eigenvalue weighted by molar-refractivity contribution is 0.100. The zero-order valence-corrected chi connectivity index (χ0v) is 18.6. The van der Waals surface area contributed by atoms with Crippen LogP contribution in [0.1, 0.15) is 17.3 Å². The molecule has 0 radical (unpaired) electrons. The standard InChI is InChI=1S/C20H23FN6O4S/c1-11-8-26(32(3,29)30)10-16(11)25-19-14(20(22)28)6-24-27-9-12(4-17(19)27)13-5-18(31-2)23-7-15(13)21/h4-7,9,11,16,25H,8,10H2,1-3H3,(H2,22,28)/t11-,16+/m0/s1. The van der Waals surface area contributed by atoms with Crippen molar-refractivity contribution < 1.29 is 22.3 Å². The summed E-state index contributed by atoms with van der Waals surface area (Å²) in [6.45, 7) is 2.53. The van der Waals surface area contributed by atoms with E-state index in [-0.39, 0.29) is 35.5 Å². The number of ether oxygens (including phenoxy) is 1. The Bertz CT molecular complexity index is 1310. The van der Waals surface area contributed by atoms with Crippen LogP contribution in [0.4, 0.5) is 10.1 Å². The normalized spacial score (nSPS) is 19.4. The van der Waals surface area contributed by atoms with Crippen LogP contribution < -0.4 is 15.8 Å². The maximum atomic E-state index is 14.5. The van der Waals surface area contributed by atoms with Gasteiger partial charge in [-0.1, -0.05) is 6.92 Å². The molecule has 3 aromatic rings. The topological polar surface area (TPSA) is 132 Å². The number of carbonyl (C=O) groups is 1. The highest BCUT2D eigenvalue weighted by Gasteiger charge is 2.35. The second kappa shape index (κ2) is 8.02. The fraction of sp³-hybridized carbons (Fsp3) is 0.350. The van der Waals surface area contributed by atoms with Gasteiger partial charge in [0.25, 0.3) is 5.91 Å². The van der Waals surface area contributed by atoms with Gasteiger partial charge in [0.05, 0.1) is 42.5 Å². The highest BCUT2D eigenvalue weighted by Crippen LogP contribution is 2.33. The van der Waals surface area contributed by atoms with Gasteiger partial charge in [0.15, 0.2) is 0 Å². The molecule has 0 aliphatic carbocycles. The Hall–Kier alpha value is -3.25. The summed E-state index contributed by atoms with van der Waals surface area (Å²) in [5.41, 5.74) is 7.38. The van der Waals surface area contributed by atoms with E-state index in [9.17, 15) is 17.6 Å². The maximum absolute atomic E-state index is 14.5. The first kappa shape index (κ1) is 22.0. The molecule has 170 valence electrons. The van der Waals surface area contributed by atoms with Gasteiger partial charge in [0.1, 0.15) is 5.82 Å². The van der Waals surface area contributed by atoms with Crippen molar-refractivity contribution in [2.24, 2.45) is 11.7 Å². The van der Waals surface area contributed by atoms with Crippen LogP contribution in [0.2, 0.25) is 0 Å². The second-order valence-electron chi connectivity index (χ2n) is 7.87. The average molecular weight is 463 g/mol. The molecular weight excluding hydrogens is 439 g/mol. The van der Waals surface area contributed by atoms with Gasteiger partial charge in [-0.05, 0) is 12.0 Å². The van der Waals surface area contributed by atoms with E-state index in [1.54, 1.807) is 12.3 Å². The predicted molar refractivity (Wildman–Crippen MR) is 116 cm³/mol. The molecule has 1 fully saturated rings. The van der Waals surface area contributed by atoms with E-state index in [4.69, 9.17) is 10.5 Å². The third-order valence-corrected chi connectivity index (χ3v) is 6.87. The van der Waals surface area contributed by atoms with Crippen molar-refractivity contribution in [3.8, 4) is 17.0 Å². The molecule has 0 bridgehead atoms. The SMILES string of the molecule is COc1cc(-c2cc3c(N[C@@H]4CN(S(C)(=O)=O)C[C@@H]4C)c(C(N)=O)cnn3c2)c(F)cn1. The number of methoxy groups -OCH3 is 1. The number of hydrogen-bond donors (Lipinski definition) is 2. The van der Waals surface area contributed by atoms with Gasteiger partial charge in [0.2, 0.25) is 15.9 Å². The van der Waals surface area contributed by atoms with Crippen molar-refractivity contribution in [3.63, 3.8) is 0 Å². The number of aromatic nitrogens is 3. The summed E-state index contributed by atoms with van der Waals surface area (Å²) in [7, 11) is -1.91. The summed E-state index contributed by atoms with van der Waals surface area (Å²) < 4.78 is 46.4. The van der Waals surface area contributed by atoms with Crippen LogP contribution in [0.15, 0.2) is 30.7 Å². The zero-order chi connectivity index (χ0) is 23.2. The lowest BCUT2D eigenvalue weighted by atomic mass is 10.0. The quantitative estimate of drug-likeness (QED) is 0.565. The molecular formula is C20H23FN6O4S. The monoisotopic (exact) mass is 462 g/mol. The number of rotatable bonds is 6. The number of carbonyl (C=O) groups excluding carboxylic acids is 1. The largest absolute Gasteiger partial charge is 0.481 e. The average Bonchev–Trinajstić information content (AvgIpc) is 3.32. The third kappa shape index (κ3) is 3.98. The molecule has 1 aliphatic rings. The van der Waals surface area contributed by atoms with Crippen LogP contribution in [0, 0.1) is 11.7 Å². The van der Waals surface area contributed by atoms with Crippen molar-refractivity contribution in [2.75, 3.05) is 31.8 Å². The molecule has 0 unspecified atom stereocenters. The van der Waals surface area contributed by atoms with Gasteiger partial charge >= 0.3 is 0 Å². The van der Waals surface area contributed by atoms with Crippen LogP contribution in [-0.4, -0.2) is 65.7 Å². The van der Waals surface area contributed by atoms with Crippen molar-refractivity contribution in [1.29, 1.82) is 0 Å². The first-order valence-corrected chi connectivity index (χ1v) is 11.7. The Kier molecular flexibility index (Phi) is 5.51. The van der Waals surface area contributed by atoms with Crippen molar-refractivity contribution in [3.05, 3.63) is 42.1 Å².